The van der Waals surface area contributed by atoms with Crippen molar-refractivity contribution in [1.29, 1.82) is 0 Å². The van der Waals surface area contributed by atoms with Crippen LogP contribution in [0.5, 0.6) is 5.75 Å². The fraction of sp³-hybridized carbons (Fsp3) is 0.419. The second-order valence-corrected chi connectivity index (χ2v) is 12.8. The van der Waals surface area contributed by atoms with Crippen molar-refractivity contribution in [1.82, 2.24) is 19.9 Å². The quantitative estimate of drug-likeness (QED) is 0.178. The Balaban J connectivity index is 1.27. The minimum atomic E-state index is -1.22. The summed E-state index contributed by atoms with van der Waals surface area (Å²) in [5, 5.41) is 8.78. The smallest absolute Gasteiger partial charge is 0.231 e. The molecule has 2 aromatic carbocycles. The molecule has 2 fully saturated rings. The molecule has 0 atom stereocenters. The molecule has 3 N–H and O–H groups in total. The number of fused-ring (bicyclic) bond motifs is 1. The molecule has 0 amide bonds. The molecule has 11 heteroatoms. The van der Waals surface area contributed by atoms with Crippen LogP contribution in [0.3, 0.4) is 0 Å². The van der Waals surface area contributed by atoms with E-state index in [4.69, 9.17) is 23.8 Å². The third-order valence-electron chi connectivity index (χ3n) is 8.20. The Morgan fingerprint density at radius 3 is 2.45 bits per heavy atom. The zero-order valence-corrected chi connectivity index (χ0v) is 25.7. The Kier molecular flexibility index (Phi) is 8.76. The molecule has 1 aliphatic heterocycles. The molecule has 4 aromatic rings. The SMILES string of the molecule is COP(OC)c1ccccc1Nc1nc(Nc2ccc(N3CCC(N(C)C)CC3)c(OC3CCC3)c2)nc2[nH]ccc12. The lowest BCUT2D eigenvalue weighted by atomic mass is 9.96. The van der Waals surface area contributed by atoms with Crippen molar-refractivity contribution in [2.75, 3.05) is 56.9 Å². The zero-order valence-electron chi connectivity index (χ0n) is 24.8. The van der Waals surface area contributed by atoms with Gasteiger partial charge in [-0.15, -0.1) is 0 Å². The first-order valence-corrected chi connectivity index (χ1v) is 15.8. The van der Waals surface area contributed by atoms with E-state index in [1.807, 2.05) is 36.5 Å². The highest BCUT2D eigenvalue weighted by Gasteiger charge is 2.26. The number of ether oxygens (including phenoxy) is 1. The minimum absolute atomic E-state index is 0.283. The van der Waals surface area contributed by atoms with Crippen LogP contribution in [-0.4, -0.2) is 73.4 Å². The molecular formula is C31H40N7O3P. The molecule has 2 aliphatic rings. The Morgan fingerprint density at radius 2 is 1.74 bits per heavy atom. The third kappa shape index (κ3) is 6.17. The standard InChI is InChI=1S/C31H40N7O3P/c1-37(2)22-15-18-38(19-16-22)26-13-12-21(20-27(26)41-23-8-7-9-23)33-31-35-29-24(14-17-32-29)30(36-31)34-25-10-5-6-11-28(25)42(39-3)40-4/h5-6,10-14,17,20,22-23H,7-9,15-16,18-19H2,1-4H3,(H3,32,33,34,35,36). The molecule has 2 aromatic heterocycles. The van der Waals surface area contributed by atoms with Crippen LogP contribution < -0.4 is 25.6 Å². The summed E-state index contributed by atoms with van der Waals surface area (Å²) in [7, 11) is 6.44. The molecule has 6 rings (SSSR count). The third-order valence-corrected chi connectivity index (χ3v) is 9.65. The summed E-state index contributed by atoms with van der Waals surface area (Å²) in [6, 6.07) is 16.9. The summed E-state index contributed by atoms with van der Waals surface area (Å²) < 4.78 is 17.7. The first-order valence-electron chi connectivity index (χ1n) is 14.6. The van der Waals surface area contributed by atoms with E-state index in [0.717, 1.165) is 77.9 Å². The molecule has 10 nitrogen and oxygen atoms in total. The summed E-state index contributed by atoms with van der Waals surface area (Å²) in [5.74, 6) is 2.10. The van der Waals surface area contributed by atoms with Gasteiger partial charge in [-0.3, -0.25) is 0 Å². The number of para-hydroxylation sites is 1. The number of H-pyrrole nitrogens is 1. The van der Waals surface area contributed by atoms with Crippen LogP contribution in [0, 0.1) is 0 Å². The lowest BCUT2D eigenvalue weighted by Gasteiger charge is -2.38. The number of hydrogen-bond acceptors (Lipinski definition) is 9. The van der Waals surface area contributed by atoms with Crippen LogP contribution in [-0.2, 0) is 9.05 Å². The van der Waals surface area contributed by atoms with Crippen LogP contribution in [0.1, 0.15) is 32.1 Å². The van der Waals surface area contributed by atoms with Gasteiger partial charge in [-0.1, -0.05) is 12.1 Å². The highest BCUT2D eigenvalue weighted by molar-refractivity contribution is 7.56. The molecule has 1 saturated heterocycles. The van der Waals surface area contributed by atoms with E-state index in [1.165, 1.54) is 6.42 Å². The van der Waals surface area contributed by atoms with Gasteiger partial charge in [0.15, 0.2) is 0 Å². The molecular weight excluding hydrogens is 549 g/mol. The predicted molar refractivity (Wildman–Crippen MR) is 171 cm³/mol. The summed E-state index contributed by atoms with van der Waals surface area (Å²) >= 11 is 0. The highest BCUT2D eigenvalue weighted by Crippen LogP contribution is 2.40. The summed E-state index contributed by atoms with van der Waals surface area (Å²) in [6.45, 7) is 2.04. The van der Waals surface area contributed by atoms with Crippen molar-refractivity contribution >= 4 is 53.5 Å². The fourth-order valence-corrected chi connectivity index (χ4v) is 6.68. The molecule has 1 saturated carbocycles. The first-order chi connectivity index (χ1) is 20.5. The van der Waals surface area contributed by atoms with Gasteiger partial charge >= 0.3 is 0 Å². The maximum atomic E-state index is 6.53. The van der Waals surface area contributed by atoms with Gasteiger partial charge in [-0.25, -0.2) is 0 Å². The van der Waals surface area contributed by atoms with Crippen molar-refractivity contribution < 1.29 is 13.8 Å². The number of rotatable bonds is 11. The maximum Gasteiger partial charge on any atom is 0.231 e. The van der Waals surface area contributed by atoms with Crippen molar-refractivity contribution in [3.8, 4) is 5.75 Å². The number of aromatic amines is 1. The van der Waals surface area contributed by atoms with Crippen molar-refractivity contribution in [2.24, 2.45) is 0 Å². The van der Waals surface area contributed by atoms with Crippen LogP contribution in [0.25, 0.3) is 11.0 Å². The molecule has 0 unspecified atom stereocenters. The van der Waals surface area contributed by atoms with Crippen molar-refractivity contribution in [3.05, 3.63) is 54.7 Å². The van der Waals surface area contributed by atoms with Crippen molar-refractivity contribution in [3.63, 3.8) is 0 Å². The van der Waals surface area contributed by atoms with Gasteiger partial charge in [0.2, 0.25) is 14.3 Å². The van der Waals surface area contributed by atoms with E-state index in [0.29, 0.717) is 17.8 Å². The lowest BCUT2D eigenvalue weighted by Crippen LogP contribution is -2.42. The average molecular weight is 590 g/mol. The maximum absolute atomic E-state index is 6.53. The van der Waals surface area contributed by atoms with Gasteiger partial charge in [-0.2, -0.15) is 9.97 Å². The van der Waals surface area contributed by atoms with Gasteiger partial charge in [0.1, 0.15) is 17.2 Å². The van der Waals surface area contributed by atoms with E-state index in [-0.39, 0.29) is 6.10 Å². The number of nitrogens with one attached hydrogen (secondary N) is 3. The zero-order chi connectivity index (χ0) is 29.1. The highest BCUT2D eigenvalue weighted by atomic mass is 31.2. The summed E-state index contributed by atoms with van der Waals surface area (Å²) in [6.07, 6.45) is 7.90. The fourth-order valence-electron chi connectivity index (χ4n) is 5.60. The van der Waals surface area contributed by atoms with E-state index >= 15 is 0 Å². The van der Waals surface area contributed by atoms with E-state index < -0.39 is 8.38 Å². The van der Waals surface area contributed by atoms with Gasteiger partial charge < -0.3 is 39.2 Å². The van der Waals surface area contributed by atoms with Crippen LogP contribution in [0.2, 0.25) is 0 Å². The Hall–Kier alpha value is -3.43. The average Bonchev–Trinajstić information content (AvgIpc) is 3.46. The van der Waals surface area contributed by atoms with Gasteiger partial charge in [0.05, 0.1) is 28.2 Å². The number of hydrogen-bond donors (Lipinski definition) is 3. The Morgan fingerprint density at radius 1 is 0.952 bits per heavy atom. The normalized spacial score (nSPS) is 16.3. The molecule has 0 radical (unpaired) electrons. The molecule has 0 bridgehead atoms. The Labute approximate surface area is 248 Å². The molecule has 3 heterocycles. The number of benzene rings is 2. The number of anilines is 5. The first kappa shape index (κ1) is 28.7. The molecule has 42 heavy (non-hydrogen) atoms. The summed E-state index contributed by atoms with van der Waals surface area (Å²) in [5.41, 5.74) is 3.66. The topological polar surface area (TPSA) is 99.8 Å². The van der Waals surface area contributed by atoms with Crippen LogP contribution in [0.4, 0.5) is 28.8 Å². The second kappa shape index (κ2) is 12.8. The summed E-state index contributed by atoms with van der Waals surface area (Å²) in [4.78, 5) is 17.7. The monoisotopic (exact) mass is 589 g/mol. The van der Waals surface area contributed by atoms with Gasteiger partial charge in [-0.05, 0) is 76.5 Å². The van der Waals surface area contributed by atoms with E-state index in [9.17, 15) is 0 Å². The van der Waals surface area contributed by atoms with Gasteiger partial charge in [0.25, 0.3) is 0 Å². The van der Waals surface area contributed by atoms with Crippen LogP contribution >= 0.6 is 8.38 Å². The number of piperidine rings is 1. The van der Waals surface area contributed by atoms with Gasteiger partial charge in [0, 0.05) is 51.3 Å². The van der Waals surface area contributed by atoms with Crippen LogP contribution in [0.15, 0.2) is 54.7 Å². The molecule has 222 valence electrons. The number of aromatic nitrogens is 3. The largest absolute Gasteiger partial charge is 0.488 e. The molecule has 1 aliphatic carbocycles. The van der Waals surface area contributed by atoms with E-state index in [1.54, 1.807) is 14.2 Å². The lowest BCUT2D eigenvalue weighted by molar-refractivity contribution is 0.120. The second-order valence-electron chi connectivity index (χ2n) is 11.1. The molecule has 0 spiro atoms. The number of nitrogens with zero attached hydrogens (tertiary/aromatic N) is 4. The van der Waals surface area contributed by atoms with Crippen molar-refractivity contribution in [2.45, 2.75) is 44.2 Å². The Bertz CT molecular complexity index is 1500. The minimum Gasteiger partial charge on any atom is -0.488 e. The predicted octanol–water partition coefficient (Wildman–Crippen LogP) is 6.14. The van der Waals surface area contributed by atoms with E-state index in [2.05, 4.69) is 57.7 Å².